The summed E-state index contributed by atoms with van der Waals surface area (Å²) in [5, 5.41) is 8.58. The van der Waals surface area contributed by atoms with E-state index in [2.05, 4.69) is 6.07 Å². The summed E-state index contributed by atoms with van der Waals surface area (Å²) in [6.45, 7) is 0.407. The van der Waals surface area contributed by atoms with Crippen molar-refractivity contribution in [3.8, 4) is 23.3 Å². The van der Waals surface area contributed by atoms with Gasteiger partial charge >= 0.3 is 0 Å². The third-order valence-electron chi connectivity index (χ3n) is 3.43. The monoisotopic (exact) mass is 322 g/mol. The molecule has 1 heterocycles. The molecule has 0 aliphatic carbocycles. The fourth-order valence-corrected chi connectivity index (χ4v) is 3.60. The number of methoxy groups -OCH3 is 3. The van der Waals surface area contributed by atoms with Crippen molar-refractivity contribution >= 4 is 17.7 Å². The van der Waals surface area contributed by atoms with E-state index in [1.807, 2.05) is 6.07 Å². The molecular weight excluding hydrogens is 304 g/mol. The molecule has 7 heteroatoms. The van der Waals surface area contributed by atoms with Gasteiger partial charge in [0.05, 0.1) is 39.6 Å². The van der Waals surface area contributed by atoms with Crippen molar-refractivity contribution in [1.82, 2.24) is 4.90 Å². The third-order valence-corrected chi connectivity index (χ3v) is 4.67. The Labute approximate surface area is 133 Å². The van der Waals surface area contributed by atoms with Crippen molar-refractivity contribution in [3.05, 3.63) is 17.7 Å². The zero-order chi connectivity index (χ0) is 16.1. The van der Waals surface area contributed by atoms with Gasteiger partial charge in [-0.15, -0.1) is 11.8 Å². The number of nitriles is 1. The van der Waals surface area contributed by atoms with E-state index in [1.165, 1.54) is 11.8 Å². The van der Waals surface area contributed by atoms with Gasteiger partial charge in [0.2, 0.25) is 5.91 Å². The molecular formula is C15H18N2O4S. The van der Waals surface area contributed by atoms with Crippen LogP contribution >= 0.6 is 11.8 Å². The average molecular weight is 322 g/mol. The number of benzene rings is 1. The Kier molecular flexibility index (Phi) is 5.39. The molecule has 1 atom stereocenters. The van der Waals surface area contributed by atoms with Gasteiger partial charge in [-0.2, -0.15) is 5.26 Å². The molecule has 1 aromatic carbocycles. The van der Waals surface area contributed by atoms with E-state index in [0.29, 0.717) is 36.0 Å². The van der Waals surface area contributed by atoms with E-state index in [4.69, 9.17) is 19.5 Å². The SMILES string of the molecule is COc1cc(OC)c(C2SCC(=O)N2CCC#N)cc1OC. The van der Waals surface area contributed by atoms with Crippen molar-refractivity contribution in [2.45, 2.75) is 11.8 Å². The Bertz CT molecular complexity index is 600. The summed E-state index contributed by atoms with van der Waals surface area (Å²) in [6, 6.07) is 5.65. The van der Waals surface area contributed by atoms with Crippen LogP contribution in [-0.2, 0) is 4.79 Å². The molecule has 0 saturated carbocycles. The number of hydrogen-bond acceptors (Lipinski definition) is 6. The first kappa shape index (κ1) is 16.3. The molecule has 0 N–H and O–H groups in total. The summed E-state index contributed by atoms with van der Waals surface area (Å²) >= 11 is 1.51. The molecule has 1 amide bonds. The normalized spacial score (nSPS) is 17.3. The zero-order valence-corrected chi connectivity index (χ0v) is 13.6. The first-order valence-electron chi connectivity index (χ1n) is 6.74. The topological polar surface area (TPSA) is 71.8 Å². The molecule has 1 aliphatic heterocycles. The Morgan fingerprint density at radius 1 is 1.23 bits per heavy atom. The molecule has 6 nitrogen and oxygen atoms in total. The van der Waals surface area contributed by atoms with Crippen LogP contribution in [0, 0.1) is 11.3 Å². The minimum Gasteiger partial charge on any atom is -0.496 e. The zero-order valence-electron chi connectivity index (χ0n) is 12.8. The van der Waals surface area contributed by atoms with E-state index in [1.54, 1.807) is 32.3 Å². The molecule has 118 valence electrons. The Hall–Kier alpha value is -2.07. The summed E-state index contributed by atoms with van der Waals surface area (Å²) in [5.74, 6) is 2.21. The molecule has 2 rings (SSSR count). The first-order valence-corrected chi connectivity index (χ1v) is 7.79. The second kappa shape index (κ2) is 7.27. The highest BCUT2D eigenvalue weighted by Gasteiger charge is 2.35. The molecule has 22 heavy (non-hydrogen) atoms. The molecule has 1 saturated heterocycles. The van der Waals surface area contributed by atoms with Gasteiger partial charge in [0, 0.05) is 18.2 Å². The predicted octanol–water partition coefficient (Wildman–Crippen LogP) is 2.20. The average Bonchev–Trinajstić information content (AvgIpc) is 2.92. The van der Waals surface area contributed by atoms with Crippen molar-refractivity contribution in [3.63, 3.8) is 0 Å². The fraction of sp³-hybridized carbons (Fsp3) is 0.467. The molecule has 1 unspecified atom stereocenters. The third kappa shape index (κ3) is 3.07. The molecule has 0 bridgehead atoms. The standard InChI is InChI=1S/C15H18N2O4S/c1-19-11-8-13(21-3)12(20-2)7-10(11)15-17(6-4-5-16)14(18)9-22-15/h7-8,15H,4,6,9H2,1-3H3. The number of thioether (sulfide) groups is 1. The Balaban J connectivity index is 2.41. The van der Waals surface area contributed by atoms with Crippen LogP contribution in [0.15, 0.2) is 12.1 Å². The van der Waals surface area contributed by atoms with E-state index in [9.17, 15) is 4.79 Å². The number of nitrogens with zero attached hydrogens (tertiary/aromatic N) is 2. The second-order valence-electron chi connectivity index (χ2n) is 4.61. The highest BCUT2D eigenvalue weighted by Crippen LogP contribution is 2.46. The van der Waals surface area contributed by atoms with E-state index < -0.39 is 0 Å². The minimum absolute atomic E-state index is 0.0297. The molecule has 1 aromatic rings. The van der Waals surface area contributed by atoms with Gasteiger partial charge in [0.1, 0.15) is 11.1 Å². The van der Waals surface area contributed by atoms with Gasteiger partial charge in [0.15, 0.2) is 11.5 Å². The molecule has 1 aliphatic rings. The summed E-state index contributed by atoms with van der Waals surface area (Å²) in [4.78, 5) is 13.7. The van der Waals surface area contributed by atoms with Crippen LogP contribution in [-0.4, -0.2) is 44.4 Å². The van der Waals surface area contributed by atoms with E-state index in [0.717, 1.165) is 5.56 Å². The molecule has 0 spiro atoms. The van der Waals surface area contributed by atoms with E-state index >= 15 is 0 Å². The van der Waals surface area contributed by atoms with Crippen molar-refractivity contribution in [2.75, 3.05) is 33.6 Å². The van der Waals surface area contributed by atoms with Gasteiger partial charge in [-0.25, -0.2) is 0 Å². The van der Waals surface area contributed by atoms with Crippen LogP contribution in [0.3, 0.4) is 0 Å². The fourth-order valence-electron chi connectivity index (χ4n) is 2.37. The maximum atomic E-state index is 12.0. The van der Waals surface area contributed by atoms with Crippen molar-refractivity contribution in [1.29, 1.82) is 5.26 Å². The highest BCUT2D eigenvalue weighted by atomic mass is 32.2. The highest BCUT2D eigenvalue weighted by molar-refractivity contribution is 8.00. The second-order valence-corrected chi connectivity index (χ2v) is 5.68. The lowest BCUT2D eigenvalue weighted by Crippen LogP contribution is -2.29. The number of hydrogen-bond donors (Lipinski definition) is 0. The predicted molar refractivity (Wildman–Crippen MR) is 83.2 cm³/mol. The Morgan fingerprint density at radius 2 is 1.86 bits per heavy atom. The van der Waals surface area contributed by atoms with Crippen LogP contribution in [0.1, 0.15) is 17.4 Å². The summed E-state index contributed by atoms with van der Waals surface area (Å²) in [7, 11) is 4.70. The quantitative estimate of drug-likeness (QED) is 0.799. The molecule has 0 radical (unpaired) electrons. The number of amides is 1. The van der Waals surface area contributed by atoms with Crippen molar-refractivity contribution < 1.29 is 19.0 Å². The maximum Gasteiger partial charge on any atom is 0.233 e. The van der Waals surface area contributed by atoms with Crippen LogP contribution < -0.4 is 14.2 Å². The smallest absolute Gasteiger partial charge is 0.233 e. The van der Waals surface area contributed by atoms with Gasteiger partial charge in [-0.1, -0.05) is 0 Å². The van der Waals surface area contributed by atoms with Crippen LogP contribution in [0.5, 0.6) is 17.2 Å². The summed E-state index contributed by atoms with van der Waals surface area (Å²) in [5.41, 5.74) is 0.842. The van der Waals surface area contributed by atoms with Gasteiger partial charge in [-0.3, -0.25) is 4.79 Å². The van der Waals surface area contributed by atoms with Gasteiger partial charge < -0.3 is 19.1 Å². The maximum absolute atomic E-state index is 12.0. The largest absolute Gasteiger partial charge is 0.496 e. The summed E-state index contributed by atoms with van der Waals surface area (Å²) in [6.07, 6.45) is 0.304. The lowest BCUT2D eigenvalue weighted by atomic mass is 10.1. The van der Waals surface area contributed by atoms with Crippen LogP contribution in [0.4, 0.5) is 0 Å². The summed E-state index contributed by atoms with van der Waals surface area (Å²) < 4.78 is 16.0. The molecule has 0 aromatic heterocycles. The Morgan fingerprint density at radius 3 is 2.45 bits per heavy atom. The minimum atomic E-state index is -0.185. The lowest BCUT2D eigenvalue weighted by Gasteiger charge is -2.25. The number of ether oxygens (including phenoxy) is 3. The van der Waals surface area contributed by atoms with E-state index in [-0.39, 0.29) is 11.3 Å². The van der Waals surface area contributed by atoms with Gasteiger partial charge in [0.25, 0.3) is 0 Å². The first-order chi connectivity index (χ1) is 10.7. The number of carbonyl (C=O) groups is 1. The molecule has 1 fully saturated rings. The number of carbonyl (C=O) groups excluding carboxylic acids is 1. The van der Waals surface area contributed by atoms with Crippen LogP contribution in [0.25, 0.3) is 0 Å². The lowest BCUT2D eigenvalue weighted by molar-refractivity contribution is -0.128. The van der Waals surface area contributed by atoms with Gasteiger partial charge in [-0.05, 0) is 6.07 Å². The van der Waals surface area contributed by atoms with Crippen LogP contribution in [0.2, 0.25) is 0 Å². The van der Waals surface area contributed by atoms with Crippen molar-refractivity contribution in [2.24, 2.45) is 0 Å². The number of rotatable bonds is 6.